The number of alkyl halides is 3. The molecule has 0 fully saturated rings. The number of furan rings is 1. The van der Waals surface area contributed by atoms with E-state index in [1.165, 1.54) is 24.5 Å². The Labute approximate surface area is 150 Å². The third-order valence-corrected chi connectivity index (χ3v) is 2.88. The first-order valence-corrected chi connectivity index (χ1v) is 7.25. The first-order valence-electron chi connectivity index (χ1n) is 7.25. The third kappa shape index (κ3) is 6.58. The van der Waals surface area contributed by atoms with Crippen molar-refractivity contribution >= 4 is 23.6 Å². The summed E-state index contributed by atoms with van der Waals surface area (Å²) in [6.45, 7) is -0.698. The molecular formula is C17H11F3N2O5. The number of esters is 1. The van der Waals surface area contributed by atoms with Gasteiger partial charge in [0.1, 0.15) is 23.2 Å². The lowest BCUT2D eigenvalue weighted by Gasteiger charge is -2.10. The van der Waals surface area contributed by atoms with Gasteiger partial charge in [-0.2, -0.15) is 5.26 Å². The molecule has 1 amide bonds. The Morgan fingerprint density at radius 1 is 1.22 bits per heavy atom. The Kier molecular flexibility index (Phi) is 6.22. The van der Waals surface area contributed by atoms with E-state index in [0.717, 1.165) is 18.2 Å². The lowest BCUT2D eigenvalue weighted by molar-refractivity contribution is -0.274. The molecule has 10 heteroatoms. The van der Waals surface area contributed by atoms with Crippen LogP contribution >= 0.6 is 0 Å². The SMILES string of the molecule is N#C/C(=C\c1ccco1)C(=O)OCC(=O)Nc1ccc(OC(F)(F)F)cc1. The predicted octanol–water partition coefficient (Wildman–Crippen LogP) is 3.27. The molecule has 0 saturated heterocycles. The number of hydrogen-bond acceptors (Lipinski definition) is 6. The number of nitriles is 1. The minimum atomic E-state index is -4.82. The van der Waals surface area contributed by atoms with Crippen LogP contribution in [0.5, 0.6) is 5.75 Å². The molecule has 0 atom stereocenters. The number of benzene rings is 1. The summed E-state index contributed by atoms with van der Waals surface area (Å²) in [5.41, 5.74) is -0.205. The molecule has 1 heterocycles. The summed E-state index contributed by atoms with van der Waals surface area (Å²) in [4.78, 5) is 23.5. The maximum absolute atomic E-state index is 12.1. The van der Waals surface area contributed by atoms with Crippen LogP contribution in [-0.4, -0.2) is 24.8 Å². The number of ether oxygens (including phenoxy) is 2. The molecule has 0 aliphatic heterocycles. The van der Waals surface area contributed by atoms with Gasteiger partial charge in [-0.25, -0.2) is 4.79 Å². The zero-order valence-electron chi connectivity index (χ0n) is 13.4. The number of hydrogen-bond donors (Lipinski definition) is 1. The highest BCUT2D eigenvalue weighted by molar-refractivity contribution is 5.99. The van der Waals surface area contributed by atoms with E-state index < -0.39 is 30.6 Å². The molecule has 1 aromatic carbocycles. The first kappa shape index (κ1) is 19.6. The van der Waals surface area contributed by atoms with Crippen molar-refractivity contribution in [2.45, 2.75) is 6.36 Å². The van der Waals surface area contributed by atoms with E-state index in [1.807, 2.05) is 0 Å². The molecule has 140 valence electrons. The van der Waals surface area contributed by atoms with E-state index in [9.17, 15) is 22.8 Å². The standard InChI is InChI=1S/C17H11F3N2O5/c18-17(19,20)27-13-5-3-12(4-6-13)22-15(23)10-26-16(24)11(9-21)8-14-2-1-7-25-14/h1-8H,10H2,(H,22,23)/b11-8+. The molecule has 0 aliphatic rings. The van der Waals surface area contributed by atoms with Gasteiger partial charge >= 0.3 is 12.3 Å². The summed E-state index contributed by atoms with van der Waals surface area (Å²) >= 11 is 0. The van der Waals surface area contributed by atoms with Crippen LogP contribution in [0, 0.1) is 11.3 Å². The largest absolute Gasteiger partial charge is 0.573 e. The van der Waals surface area contributed by atoms with Crippen molar-refractivity contribution in [1.29, 1.82) is 5.26 Å². The molecule has 2 rings (SSSR count). The normalized spacial score (nSPS) is 11.4. The number of amides is 1. The quantitative estimate of drug-likeness (QED) is 0.469. The van der Waals surface area contributed by atoms with Gasteiger partial charge in [-0.1, -0.05) is 0 Å². The Bertz CT molecular complexity index is 865. The van der Waals surface area contributed by atoms with E-state index in [4.69, 9.17) is 14.4 Å². The van der Waals surface area contributed by atoms with E-state index in [-0.39, 0.29) is 17.0 Å². The second kappa shape index (κ2) is 8.57. The minimum Gasteiger partial charge on any atom is -0.465 e. The maximum atomic E-state index is 12.1. The summed E-state index contributed by atoms with van der Waals surface area (Å²) in [6.07, 6.45) is -2.31. The van der Waals surface area contributed by atoms with Gasteiger partial charge in [-0.05, 0) is 36.4 Å². The molecule has 0 aliphatic carbocycles. The van der Waals surface area contributed by atoms with Crippen molar-refractivity contribution in [2.24, 2.45) is 0 Å². The highest BCUT2D eigenvalue weighted by Crippen LogP contribution is 2.23. The van der Waals surface area contributed by atoms with Crippen LogP contribution < -0.4 is 10.1 Å². The van der Waals surface area contributed by atoms with Gasteiger partial charge in [-0.15, -0.1) is 13.2 Å². The van der Waals surface area contributed by atoms with Crippen LogP contribution in [-0.2, 0) is 14.3 Å². The number of halogens is 3. The summed E-state index contributed by atoms with van der Waals surface area (Å²) in [5.74, 6) is -1.97. The van der Waals surface area contributed by atoms with E-state index >= 15 is 0 Å². The van der Waals surface area contributed by atoms with Gasteiger partial charge in [0.25, 0.3) is 5.91 Å². The van der Waals surface area contributed by atoms with E-state index in [2.05, 4.69) is 10.1 Å². The number of nitrogens with one attached hydrogen (secondary N) is 1. The molecule has 0 bridgehead atoms. The Morgan fingerprint density at radius 3 is 2.48 bits per heavy atom. The molecule has 1 N–H and O–H groups in total. The fourth-order valence-corrected chi connectivity index (χ4v) is 1.80. The van der Waals surface area contributed by atoms with Gasteiger partial charge in [-0.3, -0.25) is 4.79 Å². The van der Waals surface area contributed by atoms with Crippen LogP contribution in [0.1, 0.15) is 5.76 Å². The fourth-order valence-electron chi connectivity index (χ4n) is 1.80. The van der Waals surface area contributed by atoms with E-state index in [1.54, 1.807) is 12.1 Å². The van der Waals surface area contributed by atoms with Crippen molar-refractivity contribution in [1.82, 2.24) is 0 Å². The molecule has 1 aromatic heterocycles. The molecule has 2 aromatic rings. The average Bonchev–Trinajstić information content (AvgIpc) is 3.11. The van der Waals surface area contributed by atoms with Crippen molar-refractivity contribution in [2.75, 3.05) is 11.9 Å². The zero-order chi connectivity index (χ0) is 19.9. The highest BCUT2D eigenvalue weighted by Gasteiger charge is 2.30. The maximum Gasteiger partial charge on any atom is 0.573 e. The third-order valence-electron chi connectivity index (χ3n) is 2.88. The molecule has 0 saturated carbocycles. The molecule has 0 spiro atoms. The number of anilines is 1. The van der Waals surface area contributed by atoms with E-state index in [0.29, 0.717) is 0 Å². The van der Waals surface area contributed by atoms with Crippen molar-refractivity contribution < 1.29 is 36.7 Å². The molecule has 27 heavy (non-hydrogen) atoms. The predicted molar refractivity (Wildman–Crippen MR) is 85.0 cm³/mol. The monoisotopic (exact) mass is 380 g/mol. The lowest BCUT2D eigenvalue weighted by atomic mass is 10.2. The minimum absolute atomic E-state index is 0.164. The second-order valence-corrected chi connectivity index (χ2v) is 4.88. The van der Waals surface area contributed by atoms with Crippen LogP contribution in [0.3, 0.4) is 0 Å². The van der Waals surface area contributed by atoms with Gasteiger partial charge in [0.15, 0.2) is 6.61 Å². The van der Waals surface area contributed by atoms with Crippen molar-refractivity contribution in [3.05, 3.63) is 54.0 Å². The molecule has 0 radical (unpaired) electrons. The lowest BCUT2D eigenvalue weighted by Crippen LogP contribution is -2.21. The van der Waals surface area contributed by atoms with Crippen molar-refractivity contribution in [3.8, 4) is 11.8 Å². The van der Waals surface area contributed by atoms with Crippen LogP contribution in [0.2, 0.25) is 0 Å². The average molecular weight is 380 g/mol. The number of carbonyl (C=O) groups is 2. The molecule has 7 nitrogen and oxygen atoms in total. The molecular weight excluding hydrogens is 369 g/mol. The summed E-state index contributed by atoms with van der Waals surface area (Å²) in [6, 6.07) is 9.08. The molecule has 0 unspecified atom stereocenters. The Morgan fingerprint density at radius 2 is 1.93 bits per heavy atom. The first-order chi connectivity index (χ1) is 12.8. The second-order valence-electron chi connectivity index (χ2n) is 4.88. The summed E-state index contributed by atoms with van der Waals surface area (Å²) in [5, 5.41) is 11.3. The Balaban J connectivity index is 1.87. The highest BCUT2D eigenvalue weighted by atomic mass is 19.4. The Hall–Kier alpha value is -3.74. The van der Waals surface area contributed by atoms with Crippen LogP contribution in [0.15, 0.2) is 52.7 Å². The van der Waals surface area contributed by atoms with Gasteiger partial charge in [0.05, 0.1) is 6.26 Å². The fraction of sp³-hybridized carbons (Fsp3) is 0.118. The van der Waals surface area contributed by atoms with Crippen LogP contribution in [0.25, 0.3) is 6.08 Å². The van der Waals surface area contributed by atoms with Gasteiger partial charge < -0.3 is 19.2 Å². The topological polar surface area (TPSA) is 102 Å². The summed E-state index contributed by atoms with van der Waals surface area (Å²) < 4.78 is 49.6. The summed E-state index contributed by atoms with van der Waals surface area (Å²) in [7, 11) is 0. The number of carbonyl (C=O) groups excluding carboxylic acids is 2. The van der Waals surface area contributed by atoms with Crippen molar-refractivity contribution in [3.63, 3.8) is 0 Å². The van der Waals surface area contributed by atoms with Gasteiger partial charge in [0, 0.05) is 11.8 Å². The van der Waals surface area contributed by atoms with Gasteiger partial charge in [0.2, 0.25) is 0 Å². The number of nitrogens with zero attached hydrogens (tertiary/aromatic N) is 1. The number of rotatable bonds is 6. The zero-order valence-corrected chi connectivity index (χ0v) is 13.4. The smallest absolute Gasteiger partial charge is 0.465 e. The van der Waals surface area contributed by atoms with Crippen LogP contribution in [0.4, 0.5) is 18.9 Å².